The van der Waals surface area contributed by atoms with Crippen LogP contribution >= 0.6 is 0 Å². The first kappa shape index (κ1) is 11.7. The molecule has 5 heteroatoms. The average molecular weight is 237 g/mol. The fraction of sp³-hybridized carbons (Fsp3) is 0.417. The molecule has 1 aromatic carbocycles. The van der Waals surface area contributed by atoms with Crippen molar-refractivity contribution in [1.29, 1.82) is 0 Å². The number of hydrogen-bond donors (Lipinski definition) is 2. The van der Waals surface area contributed by atoms with E-state index in [0.29, 0.717) is 30.6 Å². The van der Waals surface area contributed by atoms with E-state index in [1.165, 1.54) is 6.07 Å². The van der Waals surface area contributed by atoms with Gasteiger partial charge in [-0.2, -0.15) is 0 Å². The molecule has 1 heterocycles. The summed E-state index contributed by atoms with van der Waals surface area (Å²) in [5.74, 6) is -0.331. The number of rotatable bonds is 4. The highest BCUT2D eigenvalue weighted by Gasteiger charge is 2.18. The van der Waals surface area contributed by atoms with E-state index in [1.807, 2.05) is 0 Å². The van der Waals surface area contributed by atoms with Crippen LogP contribution in [0, 0.1) is 5.92 Å². The molecule has 17 heavy (non-hydrogen) atoms. The highest BCUT2D eigenvalue weighted by Crippen LogP contribution is 2.23. The molecule has 1 unspecified atom stereocenters. The lowest BCUT2D eigenvalue weighted by Crippen LogP contribution is -2.13. The Kier molecular flexibility index (Phi) is 3.49. The first-order valence-corrected chi connectivity index (χ1v) is 5.50. The Morgan fingerprint density at radius 1 is 1.59 bits per heavy atom. The minimum absolute atomic E-state index is 0.101. The SMILES string of the molecule is Nc1ccc(OCC2CCOC2)c(C(=O)O)c1. The molecule has 0 radical (unpaired) electrons. The van der Waals surface area contributed by atoms with Gasteiger partial charge in [-0.05, 0) is 24.6 Å². The molecular weight excluding hydrogens is 222 g/mol. The van der Waals surface area contributed by atoms with Gasteiger partial charge in [-0.1, -0.05) is 0 Å². The number of carboxylic acid groups (broad SMARTS) is 1. The van der Waals surface area contributed by atoms with Crippen molar-refractivity contribution in [2.24, 2.45) is 5.92 Å². The third kappa shape index (κ3) is 2.88. The Balaban J connectivity index is 2.06. The molecule has 1 aliphatic heterocycles. The van der Waals surface area contributed by atoms with E-state index in [-0.39, 0.29) is 5.56 Å². The van der Waals surface area contributed by atoms with Gasteiger partial charge in [0, 0.05) is 18.2 Å². The molecular formula is C12H15NO4. The number of ether oxygens (including phenoxy) is 2. The molecule has 1 fully saturated rings. The van der Waals surface area contributed by atoms with Gasteiger partial charge < -0.3 is 20.3 Å². The molecule has 1 aliphatic rings. The topological polar surface area (TPSA) is 81.8 Å². The molecule has 0 bridgehead atoms. The second-order valence-corrected chi connectivity index (χ2v) is 4.10. The average Bonchev–Trinajstić information content (AvgIpc) is 2.80. The molecule has 2 rings (SSSR count). The molecule has 0 spiro atoms. The van der Waals surface area contributed by atoms with Crippen LogP contribution in [0.1, 0.15) is 16.8 Å². The van der Waals surface area contributed by atoms with Crippen molar-refractivity contribution < 1.29 is 19.4 Å². The van der Waals surface area contributed by atoms with Crippen LogP contribution in [0.5, 0.6) is 5.75 Å². The Bertz CT molecular complexity index is 413. The van der Waals surface area contributed by atoms with Gasteiger partial charge in [0.05, 0.1) is 13.2 Å². The molecule has 5 nitrogen and oxygen atoms in total. The van der Waals surface area contributed by atoms with Gasteiger partial charge in [0.25, 0.3) is 0 Å². The summed E-state index contributed by atoms with van der Waals surface area (Å²) in [5, 5.41) is 9.02. The summed E-state index contributed by atoms with van der Waals surface area (Å²) >= 11 is 0. The minimum atomic E-state index is -1.03. The van der Waals surface area contributed by atoms with Crippen molar-refractivity contribution in [3.8, 4) is 5.75 Å². The molecule has 0 aromatic heterocycles. The van der Waals surface area contributed by atoms with Crippen LogP contribution in [0.25, 0.3) is 0 Å². The van der Waals surface area contributed by atoms with Crippen LogP contribution in [0.15, 0.2) is 18.2 Å². The smallest absolute Gasteiger partial charge is 0.339 e. The maximum Gasteiger partial charge on any atom is 0.339 e. The number of hydrogen-bond acceptors (Lipinski definition) is 4. The third-order valence-electron chi connectivity index (χ3n) is 2.73. The Morgan fingerprint density at radius 3 is 3.06 bits per heavy atom. The van der Waals surface area contributed by atoms with Crippen LogP contribution < -0.4 is 10.5 Å². The molecule has 3 N–H and O–H groups in total. The summed E-state index contributed by atoms with van der Waals surface area (Å²) in [6, 6.07) is 4.63. The van der Waals surface area contributed by atoms with Gasteiger partial charge >= 0.3 is 5.97 Å². The normalized spacial score (nSPS) is 19.2. The lowest BCUT2D eigenvalue weighted by atomic mass is 10.1. The van der Waals surface area contributed by atoms with Crippen LogP contribution in [0.3, 0.4) is 0 Å². The molecule has 0 aliphatic carbocycles. The van der Waals surface area contributed by atoms with Crippen molar-refractivity contribution in [2.75, 3.05) is 25.6 Å². The first-order valence-electron chi connectivity index (χ1n) is 5.50. The minimum Gasteiger partial charge on any atom is -0.492 e. The van der Waals surface area contributed by atoms with Crippen LogP contribution in [-0.2, 0) is 4.74 Å². The standard InChI is InChI=1S/C12H15NO4/c13-9-1-2-11(10(5-9)12(14)15)17-7-8-3-4-16-6-8/h1-2,5,8H,3-4,6-7,13H2,(H,14,15). The maximum atomic E-state index is 11.0. The lowest BCUT2D eigenvalue weighted by molar-refractivity contribution is 0.0691. The summed E-state index contributed by atoms with van der Waals surface area (Å²) in [5.41, 5.74) is 6.06. The highest BCUT2D eigenvalue weighted by atomic mass is 16.5. The molecule has 1 aromatic rings. The van der Waals surface area contributed by atoms with Gasteiger partial charge in [-0.25, -0.2) is 4.79 Å². The number of nitrogens with two attached hydrogens (primary N) is 1. The molecule has 1 saturated heterocycles. The van der Waals surface area contributed by atoms with E-state index >= 15 is 0 Å². The zero-order valence-corrected chi connectivity index (χ0v) is 9.39. The zero-order chi connectivity index (χ0) is 12.3. The van der Waals surface area contributed by atoms with Crippen molar-refractivity contribution >= 4 is 11.7 Å². The Morgan fingerprint density at radius 2 is 2.41 bits per heavy atom. The number of nitrogen functional groups attached to an aromatic ring is 1. The molecule has 0 amide bonds. The number of benzene rings is 1. The van der Waals surface area contributed by atoms with Gasteiger partial charge in [0.15, 0.2) is 0 Å². The summed E-state index contributed by atoms with van der Waals surface area (Å²) in [6.45, 7) is 1.91. The van der Waals surface area contributed by atoms with E-state index in [9.17, 15) is 4.79 Å². The molecule has 1 atom stereocenters. The van der Waals surface area contributed by atoms with Gasteiger partial charge in [-0.15, -0.1) is 0 Å². The molecule has 0 saturated carbocycles. The van der Waals surface area contributed by atoms with Gasteiger partial charge in [-0.3, -0.25) is 0 Å². The summed E-state index contributed by atoms with van der Waals surface area (Å²) < 4.78 is 10.7. The van der Waals surface area contributed by atoms with E-state index in [2.05, 4.69) is 0 Å². The predicted molar refractivity (Wildman–Crippen MR) is 62.2 cm³/mol. The summed E-state index contributed by atoms with van der Waals surface area (Å²) in [6.07, 6.45) is 0.956. The predicted octanol–water partition coefficient (Wildman–Crippen LogP) is 1.38. The fourth-order valence-electron chi connectivity index (χ4n) is 1.76. The van der Waals surface area contributed by atoms with E-state index in [0.717, 1.165) is 13.0 Å². The number of carboxylic acids is 1. The Hall–Kier alpha value is -1.75. The first-order chi connectivity index (χ1) is 8.16. The Labute approximate surface area is 99.1 Å². The van der Waals surface area contributed by atoms with Crippen LogP contribution in [0.4, 0.5) is 5.69 Å². The van der Waals surface area contributed by atoms with E-state index in [1.54, 1.807) is 12.1 Å². The van der Waals surface area contributed by atoms with Gasteiger partial charge in [0.1, 0.15) is 11.3 Å². The summed E-state index contributed by atoms with van der Waals surface area (Å²) in [4.78, 5) is 11.0. The van der Waals surface area contributed by atoms with Crippen LogP contribution in [-0.4, -0.2) is 30.9 Å². The van der Waals surface area contributed by atoms with Crippen LogP contribution in [0.2, 0.25) is 0 Å². The third-order valence-corrected chi connectivity index (χ3v) is 2.73. The van der Waals surface area contributed by atoms with Gasteiger partial charge in [0.2, 0.25) is 0 Å². The number of aromatic carboxylic acids is 1. The van der Waals surface area contributed by atoms with Crippen molar-refractivity contribution in [3.05, 3.63) is 23.8 Å². The van der Waals surface area contributed by atoms with E-state index < -0.39 is 5.97 Å². The largest absolute Gasteiger partial charge is 0.492 e. The van der Waals surface area contributed by atoms with Crippen molar-refractivity contribution in [2.45, 2.75) is 6.42 Å². The van der Waals surface area contributed by atoms with Crippen molar-refractivity contribution in [1.82, 2.24) is 0 Å². The quantitative estimate of drug-likeness (QED) is 0.773. The summed E-state index contributed by atoms with van der Waals surface area (Å²) in [7, 11) is 0. The zero-order valence-electron chi connectivity index (χ0n) is 9.39. The highest BCUT2D eigenvalue weighted by molar-refractivity contribution is 5.92. The number of carbonyl (C=O) groups is 1. The van der Waals surface area contributed by atoms with E-state index in [4.69, 9.17) is 20.3 Å². The fourth-order valence-corrected chi connectivity index (χ4v) is 1.76. The lowest BCUT2D eigenvalue weighted by Gasteiger charge is -2.12. The number of anilines is 1. The monoisotopic (exact) mass is 237 g/mol. The second-order valence-electron chi connectivity index (χ2n) is 4.10. The molecule has 92 valence electrons. The van der Waals surface area contributed by atoms with Crippen molar-refractivity contribution in [3.63, 3.8) is 0 Å². The second kappa shape index (κ2) is 5.05. The maximum absolute atomic E-state index is 11.0.